The first-order valence-electron chi connectivity index (χ1n) is 9.07. The minimum Gasteiger partial charge on any atom is -0.369 e. The Hall–Kier alpha value is -0.300. The van der Waals surface area contributed by atoms with Crippen LogP contribution in [0.4, 0.5) is 0 Å². The van der Waals surface area contributed by atoms with E-state index in [9.17, 15) is 0 Å². The van der Waals surface area contributed by atoms with Gasteiger partial charge in [0.1, 0.15) is 0 Å². The van der Waals surface area contributed by atoms with Crippen molar-refractivity contribution in [3.8, 4) is 0 Å². The van der Waals surface area contributed by atoms with Crippen LogP contribution in [0.5, 0.6) is 0 Å². The third-order valence-electron chi connectivity index (χ3n) is 8.07. The van der Waals surface area contributed by atoms with Crippen molar-refractivity contribution in [2.45, 2.75) is 70.3 Å². The normalized spacial score (nSPS) is 56.8. The second-order valence-corrected chi connectivity index (χ2v) is 8.59. The summed E-state index contributed by atoms with van der Waals surface area (Å²) in [5.74, 6) is 3.89. The molecule has 20 heavy (non-hydrogen) atoms. The van der Waals surface area contributed by atoms with Crippen LogP contribution in [-0.2, 0) is 4.74 Å². The van der Waals surface area contributed by atoms with Gasteiger partial charge in [-0.05, 0) is 68.6 Å². The summed E-state index contributed by atoms with van der Waals surface area (Å²) in [5, 5.41) is 0. The van der Waals surface area contributed by atoms with Gasteiger partial charge in [-0.15, -0.1) is 0 Å². The lowest BCUT2D eigenvalue weighted by atomic mass is 9.54. The van der Waals surface area contributed by atoms with E-state index in [1.807, 2.05) is 5.57 Å². The van der Waals surface area contributed by atoms with Gasteiger partial charge in [0.15, 0.2) is 0 Å². The zero-order valence-electron chi connectivity index (χ0n) is 12.9. The Morgan fingerprint density at radius 3 is 2.75 bits per heavy atom. The molecule has 0 aromatic rings. The average molecular weight is 272 g/mol. The molecule has 3 saturated carbocycles. The molecule has 4 aliphatic carbocycles. The van der Waals surface area contributed by atoms with Gasteiger partial charge in [0.2, 0.25) is 0 Å². The summed E-state index contributed by atoms with van der Waals surface area (Å²) < 4.78 is 5.99. The topological polar surface area (TPSA) is 12.5 Å². The molecule has 5 aliphatic rings. The molecular formula is C19H28O. The molecule has 0 aromatic carbocycles. The first-order chi connectivity index (χ1) is 9.74. The van der Waals surface area contributed by atoms with E-state index in [1.54, 1.807) is 0 Å². The van der Waals surface area contributed by atoms with Crippen LogP contribution in [0.3, 0.4) is 0 Å². The van der Waals surface area contributed by atoms with Gasteiger partial charge in [0, 0.05) is 5.41 Å². The Balaban J connectivity index is 1.51. The van der Waals surface area contributed by atoms with Crippen LogP contribution in [0.25, 0.3) is 0 Å². The van der Waals surface area contributed by atoms with E-state index in [4.69, 9.17) is 4.74 Å². The molecule has 0 radical (unpaired) electrons. The molecule has 6 atom stereocenters. The number of epoxide rings is 1. The highest BCUT2D eigenvalue weighted by Gasteiger charge is 2.67. The van der Waals surface area contributed by atoms with Gasteiger partial charge < -0.3 is 4.74 Å². The maximum absolute atomic E-state index is 5.99. The molecule has 1 aliphatic heterocycles. The second-order valence-electron chi connectivity index (χ2n) is 8.59. The Bertz CT molecular complexity index is 460. The molecule has 110 valence electrons. The molecule has 1 nitrogen and oxygen atoms in total. The smallest absolute Gasteiger partial charge is 0.0975 e. The van der Waals surface area contributed by atoms with Gasteiger partial charge in [-0.2, -0.15) is 0 Å². The van der Waals surface area contributed by atoms with Gasteiger partial charge in [-0.1, -0.05) is 31.4 Å². The van der Waals surface area contributed by atoms with E-state index in [-0.39, 0.29) is 0 Å². The van der Waals surface area contributed by atoms with E-state index in [0.717, 1.165) is 30.3 Å². The van der Waals surface area contributed by atoms with E-state index < -0.39 is 0 Å². The fourth-order valence-electron chi connectivity index (χ4n) is 6.77. The lowest BCUT2D eigenvalue weighted by Gasteiger charge is -2.51. The Labute approximate surface area is 123 Å². The monoisotopic (exact) mass is 272 g/mol. The number of fused-ring (bicyclic) bond motifs is 6. The molecule has 0 amide bonds. The maximum atomic E-state index is 5.99. The molecule has 1 saturated heterocycles. The van der Waals surface area contributed by atoms with Gasteiger partial charge >= 0.3 is 0 Å². The summed E-state index contributed by atoms with van der Waals surface area (Å²) >= 11 is 0. The first-order valence-corrected chi connectivity index (χ1v) is 9.07. The summed E-state index contributed by atoms with van der Waals surface area (Å²) in [6.45, 7) is 3.61. The highest BCUT2D eigenvalue weighted by Crippen LogP contribution is 2.67. The Morgan fingerprint density at radius 2 is 1.90 bits per heavy atom. The molecule has 5 rings (SSSR count). The van der Waals surface area contributed by atoms with Crippen LogP contribution in [0.1, 0.15) is 64.7 Å². The molecule has 1 heteroatoms. The van der Waals surface area contributed by atoms with Crippen molar-refractivity contribution < 1.29 is 4.74 Å². The zero-order valence-corrected chi connectivity index (χ0v) is 12.9. The number of hydrogen-bond acceptors (Lipinski definition) is 1. The summed E-state index contributed by atoms with van der Waals surface area (Å²) in [5.41, 5.74) is 2.70. The summed E-state index contributed by atoms with van der Waals surface area (Å²) in [4.78, 5) is 0. The molecular weight excluding hydrogens is 244 g/mol. The van der Waals surface area contributed by atoms with Gasteiger partial charge in [0.25, 0.3) is 0 Å². The first kappa shape index (κ1) is 12.3. The van der Waals surface area contributed by atoms with Crippen LogP contribution in [0.2, 0.25) is 0 Å². The molecule has 0 aromatic heterocycles. The van der Waals surface area contributed by atoms with Crippen LogP contribution in [-0.4, -0.2) is 12.2 Å². The van der Waals surface area contributed by atoms with E-state index in [2.05, 4.69) is 13.0 Å². The third kappa shape index (κ3) is 1.39. The number of allylic oxidation sites excluding steroid dienone is 2. The fourth-order valence-corrected chi connectivity index (χ4v) is 6.77. The molecule has 0 N–H and O–H groups in total. The Kier molecular flexibility index (Phi) is 2.40. The van der Waals surface area contributed by atoms with Crippen molar-refractivity contribution in [2.24, 2.45) is 29.1 Å². The van der Waals surface area contributed by atoms with Crippen LogP contribution < -0.4 is 0 Å². The third-order valence-corrected chi connectivity index (χ3v) is 8.07. The highest BCUT2D eigenvalue weighted by atomic mass is 16.6. The van der Waals surface area contributed by atoms with Crippen molar-refractivity contribution in [3.05, 3.63) is 11.6 Å². The molecule has 0 bridgehead atoms. The molecule has 4 fully saturated rings. The van der Waals surface area contributed by atoms with Crippen molar-refractivity contribution in [1.29, 1.82) is 0 Å². The van der Waals surface area contributed by atoms with E-state index in [1.165, 1.54) is 57.8 Å². The lowest BCUT2D eigenvalue weighted by Crippen LogP contribution is -2.45. The minimum atomic E-state index is 0.309. The summed E-state index contributed by atoms with van der Waals surface area (Å²) in [7, 11) is 0. The lowest BCUT2D eigenvalue weighted by molar-refractivity contribution is 0.0493. The van der Waals surface area contributed by atoms with Gasteiger partial charge in [-0.25, -0.2) is 0 Å². The van der Waals surface area contributed by atoms with Crippen molar-refractivity contribution >= 4 is 0 Å². The molecule has 1 spiro atoms. The van der Waals surface area contributed by atoms with Crippen molar-refractivity contribution in [1.82, 2.24) is 0 Å². The molecule has 2 unspecified atom stereocenters. The van der Waals surface area contributed by atoms with Crippen LogP contribution in [0.15, 0.2) is 11.6 Å². The second kappa shape index (κ2) is 3.91. The predicted octanol–water partition coefficient (Wildman–Crippen LogP) is 4.72. The van der Waals surface area contributed by atoms with Gasteiger partial charge in [-0.3, -0.25) is 0 Å². The number of rotatable bonds is 0. The fraction of sp³-hybridized carbons (Fsp3) is 0.895. The Morgan fingerprint density at radius 1 is 1.05 bits per heavy atom. The van der Waals surface area contributed by atoms with Gasteiger partial charge in [0.05, 0.1) is 12.2 Å². The summed E-state index contributed by atoms with van der Waals surface area (Å²) in [6.07, 6.45) is 15.8. The van der Waals surface area contributed by atoms with Crippen LogP contribution in [0, 0.1) is 29.1 Å². The number of ether oxygens (including phenoxy) is 1. The average Bonchev–Trinajstić information content (AvgIpc) is 3.21. The standard InChI is InChI=1S/C19H28O/c1-18-10-8-15-14-5-3-2-4-13(14)6-7-16(15)17(18)9-11-19(18)12-20-19/h8,13-14,16-17H,2-7,9-12H2,1H3/t13?,14-,16+,17-,18-,19?/m0/s1. The van der Waals surface area contributed by atoms with E-state index in [0.29, 0.717) is 11.0 Å². The maximum Gasteiger partial charge on any atom is 0.0975 e. The van der Waals surface area contributed by atoms with Crippen molar-refractivity contribution in [2.75, 3.05) is 6.61 Å². The summed E-state index contributed by atoms with van der Waals surface area (Å²) in [6, 6.07) is 0. The number of hydrogen-bond donors (Lipinski definition) is 0. The van der Waals surface area contributed by atoms with Crippen LogP contribution >= 0.6 is 0 Å². The predicted molar refractivity (Wildman–Crippen MR) is 80.4 cm³/mol. The zero-order chi connectivity index (χ0) is 13.4. The SMILES string of the molecule is C[C@]12CC=C3[C@H]4CCCCC4CC[C@H]3[C@@H]1CCC21CO1. The highest BCUT2D eigenvalue weighted by molar-refractivity contribution is 5.28. The van der Waals surface area contributed by atoms with Crippen molar-refractivity contribution in [3.63, 3.8) is 0 Å². The molecule has 1 heterocycles. The minimum absolute atomic E-state index is 0.309. The van der Waals surface area contributed by atoms with E-state index >= 15 is 0 Å². The quantitative estimate of drug-likeness (QED) is 0.459. The largest absolute Gasteiger partial charge is 0.369 e.